The summed E-state index contributed by atoms with van der Waals surface area (Å²) < 4.78 is 14.4. The highest BCUT2D eigenvalue weighted by atomic mass is 35.5. The Balaban J connectivity index is 4.42. The van der Waals surface area contributed by atoms with Crippen LogP contribution in [0.3, 0.4) is 0 Å². The number of halogens is 2. The van der Waals surface area contributed by atoms with Crippen LogP contribution in [0.5, 0.6) is 0 Å². The minimum absolute atomic E-state index is 0.315. The molecule has 0 amide bonds. The summed E-state index contributed by atoms with van der Waals surface area (Å²) in [4.78, 5) is 9.60. The fourth-order valence-corrected chi connectivity index (χ4v) is 2.69. The summed E-state index contributed by atoms with van der Waals surface area (Å²) in [5.41, 5.74) is 0. The summed E-state index contributed by atoms with van der Waals surface area (Å²) in [5, 5.41) is 0. The van der Waals surface area contributed by atoms with Crippen molar-refractivity contribution in [2.75, 3.05) is 38.9 Å². The van der Waals surface area contributed by atoms with Gasteiger partial charge >= 0.3 is 7.67 Å². The van der Waals surface area contributed by atoms with Crippen LogP contribution in [-0.2, 0) is 4.57 Å². The Morgan fingerprint density at radius 2 is 1.62 bits per heavy atom. The molecular formula is C6H15Cl2N2O2P. The maximum absolute atomic E-state index is 11.7. The third-order valence-electron chi connectivity index (χ3n) is 1.57. The Kier molecular flexibility index (Phi) is 6.56. The lowest BCUT2D eigenvalue weighted by atomic mass is 10.6. The zero-order valence-electron chi connectivity index (χ0n) is 7.78. The average molecular weight is 249 g/mol. The molecule has 0 aromatic carbocycles. The number of alkyl halides is 2. The fraction of sp³-hybridized carbons (Fsp3) is 1.00. The monoisotopic (exact) mass is 248 g/mol. The smallest absolute Gasteiger partial charge is 0.322 e. The minimum atomic E-state index is -3.41. The predicted octanol–water partition coefficient (Wildman–Crippen LogP) is 1.43. The number of nitrogens with zero attached hydrogens (tertiary/aromatic N) is 2. The van der Waals surface area contributed by atoms with Crippen LogP contribution < -0.4 is 0 Å². The Morgan fingerprint density at radius 1 is 1.23 bits per heavy atom. The molecule has 0 aliphatic carbocycles. The molecular weight excluding hydrogens is 234 g/mol. The van der Waals surface area contributed by atoms with Gasteiger partial charge in [0.1, 0.15) is 0 Å². The molecule has 80 valence electrons. The SMILES string of the molecule is CN(C)P(=O)(O)N(CCCl)CCCl. The molecule has 13 heavy (non-hydrogen) atoms. The highest BCUT2D eigenvalue weighted by molar-refractivity contribution is 7.52. The van der Waals surface area contributed by atoms with Crippen molar-refractivity contribution in [2.24, 2.45) is 0 Å². The Bertz CT molecular complexity index is 185. The zero-order valence-corrected chi connectivity index (χ0v) is 10.2. The van der Waals surface area contributed by atoms with Gasteiger partial charge in [0.2, 0.25) is 0 Å². The Labute approximate surface area is 89.0 Å². The molecule has 0 spiro atoms. The van der Waals surface area contributed by atoms with Crippen LogP contribution in [0.4, 0.5) is 0 Å². The highest BCUT2D eigenvalue weighted by Gasteiger charge is 2.29. The average Bonchev–Trinajstić information content (AvgIpc) is 2.03. The largest absolute Gasteiger partial charge is 0.343 e. The van der Waals surface area contributed by atoms with Gasteiger partial charge in [-0.15, -0.1) is 23.2 Å². The van der Waals surface area contributed by atoms with Crippen molar-refractivity contribution in [2.45, 2.75) is 0 Å². The fourth-order valence-electron chi connectivity index (χ4n) is 0.820. The maximum Gasteiger partial charge on any atom is 0.343 e. The molecule has 4 nitrogen and oxygen atoms in total. The van der Waals surface area contributed by atoms with Crippen LogP contribution in [-0.4, -0.2) is 53.2 Å². The van der Waals surface area contributed by atoms with E-state index >= 15 is 0 Å². The van der Waals surface area contributed by atoms with E-state index in [9.17, 15) is 9.46 Å². The molecule has 0 saturated carbocycles. The van der Waals surface area contributed by atoms with E-state index in [-0.39, 0.29) is 0 Å². The Morgan fingerprint density at radius 3 is 1.85 bits per heavy atom. The predicted molar refractivity (Wildman–Crippen MR) is 56.5 cm³/mol. The second-order valence-electron chi connectivity index (χ2n) is 2.69. The molecule has 0 rings (SSSR count). The molecule has 0 bridgehead atoms. The second kappa shape index (κ2) is 6.23. The first-order valence-corrected chi connectivity index (χ1v) is 6.48. The summed E-state index contributed by atoms with van der Waals surface area (Å²) in [6, 6.07) is 0. The molecule has 7 heteroatoms. The first-order valence-electron chi connectivity index (χ1n) is 3.84. The van der Waals surface area contributed by atoms with Crippen LogP contribution in [0.2, 0.25) is 0 Å². The number of rotatable bonds is 6. The van der Waals surface area contributed by atoms with E-state index in [2.05, 4.69) is 0 Å². The minimum Gasteiger partial charge on any atom is -0.322 e. The topological polar surface area (TPSA) is 43.8 Å². The van der Waals surface area contributed by atoms with Gasteiger partial charge in [-0.25, -0.2) is 9.34 Å². The molecule has 0 saturated heterocycles. The first kappa shape index (κ1) is 13.7. The lowest BCUT2D eigenvalue weighted by molar-refractivity contribution is 0.314. The van der Waals surface area contributed by atoms with E-state index in [0.717, 1.165) is 0 Å². The number of hydrogen-bond donors (Lipinski definition) is 1. The third-order valence-corrected chi connectivity index (χ3v) is 4.09. The molecule has 0 aliphatic heterocycles. The summed E-state index contributed by atoms with van der Waals surface area (Å²) in [6.45, 7) is 0.723. The molecule has 0 fully saturated rings. The first-order chi connectivity index (χ1) is 5.96. The molecule has 1 unspecified atom stereocenters. The molecule has 1 atom stereocenters. The van der Waals surface area contributed by atoms with Crippen molar-refractivity contribution in [3.63, 3.8) is 0 Å². The quantitative estimate of drug-likeness (QED) is 0.571. The van der Waals surface area contributed by atoms with Gasteiger partial charge in [-0.1, -0.05) is 0 Å². The third kappa shape index (κ3) is 4.15. The van der Waals surface area contributed by atoms with Gasteiger partial charge in [-0.05, 0) is 14.1 Å². The second-order valence-corrected chi connectivity index (χ2v) is 5.84. The van der Waals surface area contributed by atoms with E-state index in [1.165, 1.54) is 9.34 Å². The summed E-state index contributed by atoms with van der Waals surface area (Å²) in [7, 11) is -0.306. The van der Waals surface area contributed by atoms with Gasteiger partial charge in [-0.3, -0.25) is 4.57 Å². The van der Waals surface area contributed by atoms with E-state index in [1.807, 2.05) is 0 Å². The molecule has 0 heterocycles. The zero-order chi connectivity index (χ0) is 10.5. The molecule has 1 N–H and O–H groups in total. The maximum atomic E-state index is 11.7. The van der Waals surface area contributed by atoms with Crippen LogP contribution >= 0.6 is 30.9 Å². The summed E-state index contributed by atoms with van der Waals surface area (Å²) >= 11 is 11.0. The van der Waals surface area contributed by atoms with E-state index in [0.29, 0.717) is 24.8 Å². The molecule has 0 aromatic heterocycles. The van der Waals surface area contributed by atoms with Gasteiger partial charge in [0.05, 0.1) is 0 Å². The van der Waals surface area contributed by atoms with E-state index < -0.39 is 7.67 Å². The normalized spacial score (nSPS) is 16.5. The van der Waals surface area contributed by atoms with Crippen LogP contribution in [0, 0.1) is 0 Å². The van der Waals surface area contributed by atoms with Gasteiger partial charge in [0.25, 0.3) is 0 Å². The van der Waals surface area contributed by atoms with Crippen LogP contribution in [0.1, 0.15) is 0 Å². The molecule has 0 aliphatic rings. The van der Waals surface area contributed by atoms with Crippen LogP contribution in [0.25, 0.3) is 0 Å². The van der Waals surface area contributed by atoms with Crippen molar-refractivity contribution in [1.82, 2.24) is 9.34 Å². The Hall–Kier alpha value is 0.690. The van der Waals surface area contributed by atoms with Crippen molar-refractivity contribution >= 4 is 30.9 Å². The highest BCUT2D eigenvalue weighted by Crippen LogP contribution is 2.46. The summed E-state index contributed by atoms with van der Waals surface area (Å²) in [5.74, 6) is 0.630. The van der Waals surface area contributed by atoms with Gasteiger partial charge in [0, 0.05) is 24.8 Å². The van der Waals surface area contributed by atoms with Gasteiger partial charge < -0.3 is 4.89 Å². The van der Waals surface area contributed by atoms with Crippen molar-refractivity contribution in [1.29, 1.82) is 0 Å². The summed E-state index contributed by atoms with van der Waals surface area (Å²) in [6.07, 6.45) is 0. The molecule has 0 radical (unpaired) electrons. The van der Waals surface area contributed by atoms with Gasteiger partial charge in [-0.2, -0.15) is 0 Å². The van der Waals surface area contributed by atoms with Crippen LogP contribution in [0.15, 0.2) is 0 Å². The van der Waals surface area contributed by atoms with Gasteiger partial charge in [0.15, 0.2) is 0 Å². The number of hydrogen-bond acceptors (Lipinski definition) is 1. The van der Waals surface area contributed by atoms with Crippen molar-refractivity contribution < 1.29 is 9.46 Å². The van der Waals surface area contributed by atoms with E-state index in [4.69, 9.17) is 23.2 Å². The van der Waals surface area contributed by atoms with Crippen molar-refractivity contribution in [3.05, 3.63) is 0 Å². The lowest BCUT2D eigenvalue weighted by Crippen LogP contribution is -2.30. The lowest BCUT2D eigenvalue weighted by Gasteiger charge is -2.29. The molecule has 0 aromatic rings. The van der Waals surface area contributed by atoms with Crippen molar-refractivity contribution in [3.8, 4) is 0 Å². The van der Waals surface area contributed by atoms with E-state index in [1.54, 1.807) is 14.1 Å². The standard InChI is InChI=1S/C6H15Cl2N2O2P/c1-9(2)13(11,12)10(5-3-7)6-4-8/h3-6H2,1-2H3,(H,11,12).